The fourth-order valence-corrected chi connectivity index (χ4v) is 3.43. The van der Waals surface area contributed by atoms with Crippen molar-refractivity contribution in [2.45, 2.75) is 39.5 Å². The van der Waals surface area contributed by atoms with Gasteiger partial charge in [-0.25, -0.2) is 4.39 Å². The highest BCUT2D eigenvalue weighted by molar-refractivity contribution is 6.70. The van der Waals surface area contributed by atoms with Crippen molar-refractivity contribution < 1.29 is 19.4 Å². The van der Waals surface area contributed by atoms with Gasteiger partial charge in [0.15, 0.2) is 0 Å². The van der Waals surface area contributed by atoms with E-state index in [2.05, 4.69) is 5.32 Å². The average molecular weight is 517 g/mol. The van der Waals surface area contributed by atoms with Crippen molar-refractivity contribution in [2.24, 2.45) is 5.73 Å². The minimum atomic E-state index is -3.01. The van der Waals surface area contributed by atoms with Crippen molar-refractivity contribution in [3.05, 3.63) is 65.5 Å². The van der Waals surface area contributed by atoms with E-state index in [1.54, 1.807) is 12.1 Å². The zero-order valence-electron chi connectivity index (χ0n) is 19.2. The first-order valence-corrected chi connectivity index (χ1v) is 11.4. The molecule has 36 heavy (non-hydrogen) atoms. The molecule has 5 N–H and O–H groups in total. The van der Waals surface area contributed by atoms with Crippen LogP contribution in [0.1, 0.15) is 11.1 Å². The first-order valence-electron chi connectivity index (χ1n) is 10.6. The molecule has 15 heteroatoms. The molecule has 2 aromatic carbocycles. The summed E-state index contributed by atoms with van der Waals surface area (Å²) in [6, 6.07) is 10.8. The van der Waals surface area contributed by atoms with Crippen molar-refractivity contribution >= 4 is 81.9 Å². The molecular formula is C21H20B6Cl2FN3O3. The number of benzene rings is 2. The topological polar surface area (TPSA) is 98.8 Å². The highest BCUT2D eigenvalue weighted by Gasteiger charge is 2.51. The van der Waals surface area contributed by atoms with Crippen LogP contribution in [0.3, 0.4) is 0 Å². The number of carbonyl (C=O) groups is 1. The number of halogens is 3. The third-order valence-corrected chi connectivity index (χ3v) is 6.03. The average Bonchev–Trinajstić information content (AvgIpc) is 2.74. The summed E-state index contributed by atoms with van der Waals surface area (Å²) in [6.45, 7) is 0.314. The maximum absolute atomic E-state index is 13.0. The molecule has 176 valence electrons. The Morgan fingerprint density at radius 1 is 0.972 bits per heavy atom. The van der Waals surface area contributed by atoms with Crippen LogP contribution in [0.5, 0.6) is 0 Å². The molecule has 1 amide bonds. The summed E-state index contributed by atoms with van der Waals surface area (Å²) in [7, 11) is 34.4. The Morgan fingerprint density at radius 3 is 1.94 bits per heavy atom. The summed E-state index contributed by atoms with van der Waals surface area (Å²) in [6.07, 6.45) is 0.638. The molecule has 0 saturated carbocycles. The van der Waals surface area contributed by atoms with Crippen LogP contribution < -0.4 is 16.0 Å². The summed E-state index contributed by atoms with van der Waals surface area (Å²) in [5, 5.41) is 20.9. The van der Waals surface area contributed by atoms with Crippen molar-refractivity contribution in [3.8, 4) is 0 Å². The molecule has 2 rings (SSSR count). The van der Waals surface area contributed by atoms with E-state index in [-0.39, 0.29) is 17.9 Å². The maximum Gasteiger partial charge on any atom is 0.237 e. The molecule has 6 nitrogen and oxygen atoms in total. The molecule has 3 unspecified atom stereocenters. The van der Waals surface area contributed by atoms with E-state index >= 15 is 0 Å². The Kier molecular flexibility index (Phi) is 9.79. The van der Waals surface area contributed by atoms with Crippen LogP contribution in [0.2, 0.25) is 0 Å². The van der Waals surface area contributed by atoms with Gasteiger partial charge in [0, 0.05) is 12.2 Å². The lowest BCUT2D eigenvalue weighted by Crippen LogP contribution is -2.76. The number of rotatable bonds is 11. The van der Waals surface area contributed by atoms with E-state index in [9.17, 15) is 19.4 Å². The summed E-state index contributed by atoms with van der Waals surface area (Å²) >= 11 is 11.6. The van der Waals surface area contributed by atoms with E-state index in [1.165, 1.54) is 36.4 Å². The number of aliphatic hydroxyl groups is 2. The third-order valence-electron chi connectivity index (χ3n) is 5.45. The first kappa shape index (κ1) is 30.7. The van der Waals surface area contributed by atoms with Crippen LogP contribution in [-0.2, 0) is 17.6 Å². The lowest BCUT2D eigenvalue weighted by Gasteiger charge is -2.59. The number of nitrogens with zero attached hydrogens (tertiary/aromatic N) is 1. The van der Waals surface area contributed by atoms with Gasteiger partial charge in [0.2, 0.25) is 5.91 Å². The molecule has 0 heterocycles. The van der Waals surface area contributed by atoms with Crippen molar-refractivity contribution in [1.29, 1.82) is 0 Å². The lowest BCUT2D eigenvalue weighted by atomic mass is 9.41. The summed E-state index contributed by atoms with van der Waals surface area (Å²) in [4.78, 5) is 9.95. The van der Waals surface area contributed by atoms with Gasteiger partial charge in [-0.15, -0.1) is 11.6 Å². The van der Waals surface area contributed by atoms with Crippen LogP contribution in [0.25, 0.3) is 0 Å². The Morgan fingerprint density at radius 2 is 1.47 bits per heavy atom. The standard InChI is InChI=1S/C21H20B6Cl2FN3O3/c22-18(23,28)19(24,25)33(21(27,36)20(26,29)35)15-7-3-13(4-8-15)11-16(31)17(34)32-10-9-12-1-5-14(30)6-2-12/h1-8,16,35-36H,9-11,31H2,(H,32,34). The Hall–Kier alpha value is -1.51. The Balaban J connectivity index is 2.13. The molecule has 2 aromatic rings. The second-order valence-electron chi connectivity index (χ2n) is 8.47. The Bertz CT molecular complexity index is 1010. The van der Waals surface area contributed by atoms with Crippen LogP contribution in [0, 0.1) is 5.82 Å². The fraction of sp³-hybridized carbons (Fsp3) is 0.381. The number of hydrogen-bond donors (Lipinski definition) is 4. The SMILES string of the molecule is [B]C([B])(Cl)C([B])([B])N(c1ccc(CC(N)C(=O)NCCc2ccc(F)cc2)cc1)C([B])(O)C([B])(O)Cl. The smallest absolute Gasteiger partial charge is 0.237 e. The summed E-state index contributed by atoms with van der Waals surface area (Å²) in [5.41, 5.74) is 4.43. The fourth-order valence-electron chi connectivity index (χ4n) is 3.26. The van der Waals surface area contributed by atoms with E-state index in [1.807, 2.05) is 0 Å². The molecule has 12 radical (unpaired) electrons. The molecule has 0 aliphatic rings. The largest absolute Gasteiger partial charge is 0.380 e. The lowest BCUT2D eigenvalue weighted by molar-refractivity contribution is -0.122. The van der Waals surface area contributed by atoms with E-state index < -0.39 is 32.5 Å². The number of hydrogen-bond acceptors (Lipinski definition) is 5. The quantitative estimate of drug-likeness (QED) is 0.173. The monoisotopic (exact) mass is 517 g/mol. The van der Waals surface area contributed by atoms with Gasteiger partial charge in [-0.05, 0) is 58.2 Å². The van der Waals surface area contributed by atoms with Gasteiger partial charge >= 0.3 is 0 Å². The second-order valence-corrected chi connectivity index (χ2v) is 9.67. The minimum Gasteiger partial charge on any atom is -0.380 e. The van der Waals surface area contributed by atoms with Crippen LogP contribution in [0.15, 0.2) is 48.5 Å². The molecule has 0 fully saturated rings. The normalized spacial score (nSPS) is 16.4. The molecule has 0 aliphatic heterocycles. The molecule has 0 saturated heterocycles. The highest BCUT2D eigenvalue weighted by Crippen LogP contribution is 2.38. The summed E-state index contributed by atoms with van der Waals surface area (Å²) in [5.74, 6) is -0.733. The number of nitrogens with two attached hydrogens (primary N) is 1. The number of anilines is 1. The zero-order valence-corrected chi connectivity index (χ0v) is 20.8. The van der Waals surface area contributed by atoms with Crippen LogP contribution in [-0.4, -0.2) is 96.4 Å². The van der Waals surface area contributed by atoms with Gasteiger partial charge in [-0.3, -0.25) is 4.79 Å². The predicted octanol–water partition coefficient (Wildman–Crippen LogP) is -1.05. The van der Waals surface area contributed by atoms with Gasteiger partial charge < -0.3 is 26.2 Å². The van der Waals surface area contributed by atoms with E-state index in [0.717, 1.165) is 5.56 Å². The molecule has 0 spiro atoms. The molecule has 3 atom stereocenters. The first-order chi connectivity index (χ1) is 16.4. The van der Waals surface area contributed by atoms with Gasteiger partial charge in [0.25, 0.3) is 0 Å². The predicted molar refractivity (Wildman–Crippen MR) is 145 cm³/mol. The van der Waals surface area contributed by atoms with E-state index in [0.29, 0.717) is 23.4 Å². The van der Waals surface area contributed by atoms with Gasteiger partial charge in [-0.2, -0.15) is 0 Å². The third kappa shape index (κ3) is 7.29. The van der Waals surface area contributed by atoms with Crippen molar-refractivity contribution in [1.82, 2.24) is 5.32 Å². The van der Waals surface area contributed by atoms with Gasteiger partial charge in [0.05, 0.1) is 37.4 Å². The van der Waals surface area contributed by atoms with Gasteiger partial charge in [-0.1, -0.05) is 35.9 Å². The summed E-state index contributed by atoms with van der Waals surface area (Å²) < 4.78 is 10.6. The molecule has 0 aromatic heterocycles. The molecule has 0 aliphatic carbocycles. The minimum absolute atomic E-state index is 0.0310. The molecule has 0 bridgehead atoms. The number of carbonyl (C=O) groups excluding carboxylic acids is 1. The van der Waals surface area contributed by atoms with Crippen LogP contribution >= 0.6 is 23.2 Å². The van der Waals surface area contributed by atoms with Crippen molar-refractivity contribution in [3.63, 3.8) is 0 Å². The van der Waals surface area contributed by atoms with Gasteiger partial charge in [0.1, 0.15) is 32.1 Å². The van der Waals surface area contributed by atoms with Crippen LogP contribution in [0.4, 0.5) is 10.1 Å². The zero-order chi connectivity index (χ0) is 27.5. The second kappa shape index (κ2) is 11.5. The Labute approximate surface area is 228 Å². The number of alkyl halides is 2. The maximum atomic E-state index is 13.0. The van der Waals surface area contributed by atoms with E-state index in [4.69, 9.17) is 76.0 Å². The highest BCUT2D eigenvalue weighted by atomic mass is 35.5. The number of nitrogens with one attached hydrogen (secondary N) is 1. The molecular weight excluding hydrogens is 497 g/mol. The van der Waals surface area contributed by atoms with Crippen molar-refractivity contribution in [2.75, 3.05) is 11.4 Å². The number of amides is 1.